The van der Waals surface area contributed by atoms with Crippen LogP contribution in [0.25, 0.3) is 0 Å². The highest BCUT2D eigenvalue weighted by molar-refractivity contribution is 5.73. The van der Waals surface area contributed by atoms with E-state index in [4.69, 9.17) is 4.74 Å². The third-order valence-corrected chi connectivity index (χ3v) is 4.12. The number of nitrogens with zero attached hydrogens (tertiary/aromatic N) is 2. The van der Waals surface area contributed by atoms with E-state index < -0.39 is 0 Å². The number of carbonyl (C=O) groups excluding carboxylic acids is 1. The van der Waals surface area contributed by atoms with Crippen molar-refractivity contribution in [3.8, 4) is 0 Å². The minimum Gasteiger partial charge on any atom is -0.379 e. The normalized spacial score (nSPS) is 16.5. The molecule has 0 saturated carbocycles. The Morgan fingerprint density at radius 2 is 2.00 bits per heavy atom. The van der Waals surface area contributed by atoms with Crippen LogP contribution in [-0.4, -0.2) is 54.0 Å². The monoisotopic (exact) mass is 329 g/mol. The molecular weight excluding hydrogens is 306 g/mol. The number of ether oxygens (including phenoxy) is 1. The minimum absolute atomic E-state index is 0.146. The van der Waals surface area contributed by atoms with Crippen molar-refractivity contribution in [1.82, 2.24) is 25.7 Å². The van der Waals surface area contributed by atoms with Crippen molar-refractivity contribution in [3.05, 3.63) is 53.9 Å². The van der Waals surface area contributed by atoms with Crippen molar-refractivity contribution in [3.63, 3.8) is 0 Å². The molecule has 2 heterocycles. The molecule has 0 radical (unpaired) electrons. The van der Waals surface area contributed by atoms with Gasteiger partial charge in [-0.15, -0.1) is 0 Å². The summed E-state index contributed by atoms with van der Waals surface area (Å²) in [6.07, 6.45) is 1.67. The first-order valence-electron chi connectivity index (χ1n) is 8.19. The van der Waals surface area contributed by atoms with Crippen LogP contribution in [0, 0.1) is 0 Å². The van der Waals surface area contributed by atoms with Gasteiger partial charge in [-0.1, -0.05) is 30.3 Å². The third kappa shape index (κ3) is 4.56. The fourth-order valence-corrected chi connectivity index (χ4v) is 2.83. The maximum Gasteiger partial charge on any atom is 0.315 e. The lowest BCUT2D eigenvalue weighted by Crippen LogP contribution is -2.45. The molecule has 3 rings (SSSR count). The van der Waals surface area contributed by atoms with Crippen molar-refractivity contribution in [2.24, 2.45) is 0 Å². The van der Waals surface area contributed by atoms with Gasteiger partial charge in [0.2, 0.25) is 0 Å². The van der Waals surface area contributed by atoms with E-state index in [-0.39, 0.29) is 12.1 Å². The smallest absolute Gasteiger partial charge is 0.315 e. The van der Waals surface area contributed by atoms with Crippen LogP contribution in [-0.2, 0) is 11.3 Å². The Balaban J connectivity index is 1.56. The average Bonchev–Trinajstić information content (AvgIpc) is 3.16. The highest BCUT2D eigenvalue weighted by atomic mass is 16.5. The van der Waals surface area contributed by atoms with Crippen LogP contribution in [0.2, 0.25) is 0 Å². The second-order valence-corrected chi connectivity index (χ2v) is 5.72. The molecule has 2 amide bonds. The Bertz CT molecular complexity index is 611. The number of benzene rings is 1. The zero-order chi connectivity index (χ0) is 16.6. The second kappa shape index (κ2) is 8.47. The molecule has 7 nitrogen and oxygen atoms in total. The fourth-order valence-electron chi connectivity index (χ4n) is 2.83. The van der Waals surface area contributed by atoms with Crippen molar-refractivity contribution in [2.75, 3.05) is 32.8 Å². The summed E-state index contributed by atoms with van der Waals surface area (Å²) in [6, 6.07) is 12.1. The summed E-state index contributed by atoms with van der Waals surface area (Å²) in [5.41, 5.74) is 2.08. The van der Waals surface area contributed by atoms with Crippen LogP contribution >= 0.6 is 0 Å². The average molecular weight is 329 g/mol. The van der Waals surface area contributed by atoms with Gasteiger partial charge < -0.3 is 15.4 Å². The maximum absolute atomic E-state index is 12.1. The number of aromatic amines is 1. The number of amides is 2. The summed E-state index contributed by atoms with van der Waals surface area (Å²) < 4.78 is 5.44. The Labute approximate surface area is 141 Å². The first kappa shape index (κ1) is 16.5. The molecule has 2 aromatic rings. The highest BCUT2D eigenvalue weighted by Gasteiger charge is 2.22. The summed E-state index contributed by atoms with van der Waals surface area (Å²) in [6.45, 7) is 4.19. The Morgan fingerprint density at radius 1 is 1.21 bits per heavy atom. The molecule has 1 aliphatic rings. The number of carbonyl (C=O) groups is 1. The number of aromatic nitrogens is 2. The highest BCUT2D eigenvalue weighted by Crippen LogP contribution is 2.20. The van der Waals surface area contributed by atoms with Crippen LogP contribution < -0.4 is 10.6 Å². The number of rotatable bonds is 6. The van der Waals surface area contributed by atoms with Gasteiger partial charge in [-0.05, 0) is 11.6 Å². The van der Waals surface area contributed by atoms with Gasteiger partial charge in [0, 0.05) is 25.8 Å². The van der Waals surface area contributed by atoms with Gasteiger partial charge in [-0.25, -0.2) is 4.79 Å². The number of morpholine rings is 1. The van der Waals surface area contributed by atoms with Crippen molar-refractivity contribution < 1.29 is 9.53 Å². The topological polar surface area (TPSA) is 82.3 Å². The molecule has 1 saturated heterocycles. The van der Waals surface area contributed by atoms with Gasteiger partial charge in [0.05, 0.1) is 31.5 Å². The molecule has 24 heavy (non-hydrogen) atoms. The SMILES string of the molecule is O=C(NCc1ccn[nH]1)NC[C@@H](c1ccccc1)N1CCOCC1. The molecule has 3 N–H and O–H groups in total. The Morgan fingerprint density at radius 3 is 2.71 bits per heavy atom. The predicted molar refractivity (Wildman–Crippen MR) is 90.4 cm³/mol. The fraction of sp³-hybridized carbons (Fsp3) is 0.412. The van der Waals surface area contributed by atoms with Crippen molar-refractivity contribution >= 4 is 6.03 Å². The number of hydrogen-bond acceptors (Lipinski definition) is 4. The quantitative estimate of drug-likeness (QED) is 0.746. The molecule has 128 valence electrons. The van der Waals surface area contributed by atoms with Crippen LogP contribution in [0.4, 0.5) is 4.79 Å². The number of urea groups is 1. The molecule has 1 atom stereocenters. The number of nitrogens with one attached hydrogen (secondary N) is 3. The zero-order valence-corrected chi connectivity index (χ0v) is 13.6. The van der Waals surface area contributed by atoms with E-state index in [1.54, 1.807) is 6.20 Å². The summed E-state index contributed by atoms with van der Waals surface area (Å²) in [7, 11) is 0. The lowest BCUT2D eigenvalue weighted by molar-refractivity contribution is 0.0167. The largest absolute Gasteiger partial charge is 0.379 e. The summed E-state index contributed by atoms with van der Waals surface area (Å²) in [5.74, 6) is 0. The van der Waals surface area contributed by atoms with Crippen LogP contribution in [0.3, 0.4) is 0 Å². The molecule has 0 aliphatic carbocycles. The Kier molecular flexibility index (Phi) is 5.81. The molecule has 0 spiro atoms. The molecule has 1 aliphatic heterocycles. The van der Waals surface area contributed by atoms with Crippen LogP contribution in [0.15, 0.2) is 42.6 Å². The van der Waals surface area contributed by atoms with E-state index >= 15 is 0 Å². The first-order chi connectivity index (χ1) is 11.8. The Hall–Kier alpha value is -2.38. The molecule has 0 bridgehead atoms. The molecule has 1 aromatic carbocycles. The van der Waals surface area contributed by atoms with Gasteiger partial charge in [0.15, 0.2) is 0 Å². The lowest BCUT2D eigenvalue weighted by Gasteiger charge is -2.34. The molecule has 7 heteroatoms. The summed E-state index contributed by atoms with van der Waals surface area (Å²) >= 11 is 0. The van der Waals surface area contributed by atoms with E-state index in [0.717, 1.165) is 32.0 Å². The van der Waals surface area contributed by atoms with E-state index in [0.29, 0.717) is 13.1 Å². The molecule has 1 fully saturated rings. The first-order valence-corrected chi connectivity index (χ1v) is 8.19. The van der Waals surface area contributed by atoms with E-state index in [1.165, 1.54) is 5.56 Å². The standard InChI is InChI=1S/C17H23N5O2/c23-17(18-12-15-6-7-20-21-15)19-13-16(14-4-2-1-3-5-14)22-8-10-24-11-9-22/h1-7,16H,8-13H2,(H,20,21)(H2,18,19,23)/t16-/m0/s1. The van der Waals surface area contributed by atoms with Crippen molar-refractivity contribution in [1.29, 1.82) is 0 Å². The zero-order valence-electron chi connectivity index (χ0n) is 13.6. The molecular formula is C17H23N5O2. The van der Waals surface area contributed by atoms with Gasteiger partial charge >= 0.3 is 6.03 Å². The van der Waals surface area contributed by atoms with E-state index in [1.807, 2.05) is 24.3 Å². The van der Waals surface area contributed by atoms with E-state index in [9.17, 15) is 4.79 Å². The number of hydrogen-bond donors (Lipinski definition) is 3. The maximum atomic E-state index is 12.1. The third-order valence-electron chi connectivity index (χ3n) is 4.12. The van der Waals surface area contributed by atoms with Crippen LogP contribution in [0.5, 0.6) is 0 Å². The van der Waals surface area contributed by atoms with Gasteiger partial charge in [0.1, 0.15) is 0 Å². The summed E-state index contributed by atoms with van der Waals surface area (Å²) in [5, 5.41) is 12.5. The summed E-state index contributed by atoms with van der Waals surface area (Å²) in [4.78, 5) is 14.4. The second-order valence-electron chi connectivity index (χ2n) is 5.72. The molecule has 1 aromatic heterocycles. The van der Waals surface area contributed by atoms with Gasteiger partial charge in [-0.3, -0.25) is 10.00 Å². The van der Waals surface area contributed by atoms with Crippen molar-refractivity contribution in [2.45, 2.75) is 12.6 Å². The number of H-pyrrole nitrogens is 1. The van der Waals surface area contributed by atoms with Gasteiger partial charge in [0.25, 0.3) is 0 Å². The van der Waals surface area contributed by atoms with Gasteiger partial charge in [-0.2, -0.15) is 5.10 Å². The predicted octanol–water partition coefficient (Wildman–Crippen LogP) is 1.28. The molecule has 0 unspecified atom stereocenters. The minimum atomic E-state index is -0.182. The lowest BCUT2D eigenvalue weighted by atomic mass is 10.0. The van der Waals surface area contributed by atoms with E-state index in [2.05, 4.69) is 37.9 Å². The van der Waals surface area contributed by atoms with Crippen LogP contribution in [0.1, 0.15) is 17.3 Å².